The standard InChI is InChI=1S/C7H12N4O2S/c1-3-4-10-14(12,13)7-6(8)9-5-11(7)2/h3,5,10H,1,4,8H2,2H3. The van der Waals surface area contributed by atoms with Gasteiger partial charge in [0.2, 0.25) is 0 Å². The minimum atomic E-state index is -3.59. The zero-order valence-electron chi connectivity index (χ0n) is 7.77. The van der Waals surface area contributed by atoms with Gasteiger partial charge in [-0.2, -0.15) is 0 Å². The van der Waals surface area contributed by atoms with Crippen LogP contribution in [0, 0.1) is 0 Å². The first-order valence-corrected chi connectivity index (χ1v) is 5.34. The number of sulfonamides is 1. The second kappa shape index (κ2) is 3.81. The number of nitrogens with zero attached hydrogens (tertiary/aromatic N) is 2. The third-order valence-electron chi connectivity index (χ3n) is 1.58. The zero-order valence-corrected chi connectivity index (χ0v) is 8.58. The summed E-state index contributed by atoms with van der Waals surface area (Å²) in [5.41, 5.74) is 5.42. The third-order valence-corrected chi connectivity index (χ3v) is 3.13. The molecular weight excluding hydrogens is 204 g/mol. The van der Waals surface area contributed by atoms with Crippen molar-refractivity contribution in [1.29, 1.82) is 0 Å². The van der Waals surface area contributed by atoms with Gasteiger partial charge in [0.1, 0.15) is 0 Å². The Morgan fingerprint density at radius 1 is 1.79 bits per heavy atom. The maximum Gasteiger partial charge on any atom is 0.260 e. The van der Waals surface area contributed by atoms with Crippen LogP contribution in [-0.2, 0) is 17.1 Å². The highest BCUT2D eigenvalue weighted by atomic mass is 32.2. The number of rotatable bonds is 4. The number of hydrogen-bond donors (Lipinski definition) is 2. The van der Waals surface area contributed by atoms with E-state index in [2.05, 4.69) is 16.3 Å². The smallest absolute Gasteiger partial charge is 0.260 e. The number of nitrogens with one attached hydrogen (secondary N) is 1. The van der Waals surface area contributed by atoms with Crippen LogP contribution in [0.15, 0.2) is 24.0 Å². The summed E-state index contributed by atoms with van der Waals surface area (Å²) < 4.78 is 26.8. The fourth-order valence-corrected chi connectivity index (χ4v) is 2.23. The molecule has 14 heavy (non-hydrogen) atoms. The molecule has 0 aromatic carbocycles. The van der Waals surface area contributed by atoms with E-state index in [1.165, 1.54) is 17.0 Å². The molecule has 3 N–H and O–H groups in total. The number of imidazole rings is 1. The Bertz CT molecular complexity index is 415. The maximum atomic E-state index is 11.6. The first kappa shape index (κ1) is 10.7. The van der Waals surface area contributed by atoms with Crippen LogP contribution in [0.3, 0.4) is 0 Å². The van der Waals surface area contributed by atoms with E-state index in [9.17, 15) is 8.42 Å². The van der Waals surface area contributed by atoms with Gasteiger partial charge in [-0.25, -0.2) is 18.1 Å². The van der Waals surface area contributed by atoms with E-state index in [4.69, 9.17) is 5.73 Å². The van der Waals surface area contributed by atoms with E-state index in [1.807, 2.05) is 0 Å². The monoisotopic (exact) mass is 216 g/mol. The molecule has 0 radical (unpaired) electrons. The minimum Gasteiger partial charge on any atom is -0.381 e. The molecule has 0 unspecified atom stereocenters. The lowest BCUT2D eigenvalue weighted by atomic mass is 10.7. The molecule has 0 aliphatic heterocycles. The van der Waals surface area contributed by atoms with Gasteiger partial charge in [-0.05, 0) is 0 Å². The summed E-state index contributed by atoms with van der Waals surface area (Å²) in [5.74, 6) is -0.0101. The van der Waals surface area contributed by atoms with Gasteiger partial charge in [0.05, 0.1) is 6.33 Å². The van der Waals surface area contributed by atoms with Crippen LogP contribution in [0.1, 0.15) is 0 Å². The highest BCUT2D eigenvalue weighted by Crippen LogP contribution is 2.14. The lowest BCUT2D eigenvalue weighted by Gasteiger charge is -2.05. The molecule has 0 fully saturated rings. The van der Waals surface area contributed by atoms with Gasteiger partial charge in [-0.3, -0.25) is 0 Å². The fraction of sp³-hybridized carbons (Fsp3) is 0.286. The Labute approximate surface area is 82.5 Å². The SMILES string of the molecule is C=CCNS(=O)(=O)c1c(N)ncn1C. The van der Waals surface area contributed by atoms with Crippen LogP contribution < -0.4 is 10.5 Å². The van der Waals surface area contributed by atoms with E-state index in [-0.39, 0.29) is 17.4 Å². The van der Waals surface area contributed by atoms with E-state index in [0.717, 1.165) is 0 Å². The second-order valence-electron chi connectivity index (χ2n) is 2.69. The quantitative estimate of drug-likeness (QED) is 0.662. The van der Waals surface area contributed by atoms with Gasteiger partial charge in [-0.1, -0.05) is 6.08 Å². The molecule has 0 saturated carbocycles. The van der Waals surface area contributed by atoms with Gasteiger partial charge in [0, 0.05) is 13.6 Å². The zero-order chi connectivity index (χ0) is 10.8. The van der Waals surface area contributed by atoms with Crippen molar-refractivity contribution in [3.05, 3.63) is 19.0 Å². The van der Waals surface area contributed by atoms with Crippen LogP contribution in [0.4, 0.5) is 5.82 Å². The van der Waals surface area contributed by atoms with Gasteiger partial charge >= 0.3 is 0 Å². The summed E-state index contributed by atoms with van der Waals surface area (Å²) in [5, 5.41) is -0.0284. The van der Waals surface area contributed by atoms with E-state index >= 15 is 0 Å². The highest BCUT2D eigenvalue weighted by molar-refractivity contribution is 7.89. The lowest BCUT2D eigenvalue weighted by molar-refractivity contribution is 0.576. The van der Waals surface area contributed by atoms with Crippen LogP contribution >= 0.6 is 0 Å². The fourth-order valence-electron chi connectivity index (χ4n) is 1.00. The van der Waals surface area contributed by atoms with Crippen LogP contribution in [0.5, 0.6) is 0 Å². The molecule has 0 bridgehead atoms. The van der Waals surface area contributed by atoms with E-state index in [0.29, 0.717) is 0 Å². The molecule has 0 amide bonds. The van der Waals surface area contributed by atoms with Crippen LogP contribution in [0.2, 0.25) is 0 Å². The first-order chi connectivity index (χ1) is 6.49. The molecule has 0 aliphatic carbocycles. The molecular formula is C7H12N4O2S. The summed E-state index contributed by atoms with van der Waals surface area (Å²) in [6.07, 6.45) is 2.79. The molecule has 6 nitrogen and oxygen atoms in total. The Balaban J connectivity index is 3.09. The van der Waals surface area contributed by atoms with E-state index in [1.54, 1.807) is 7.05 Å². The van der Waals surface area contributed by atoms with Crippen molar-refractivity contribution in [2.45, 2.75) is 5.03 Å². The van der Waals surface area contributed by atoms with Crippen molar-refractivity contribution in [3.63, 3.8) is 0 Å². The van der Waals surface area contributed by atoms with Crippen molar-refractivity contribution >= 4 is 15.8 Å². The molecule has 0 atom stereocenters. The molecule has 1 aromatic heterocycles. The molecule has 1 heterocycles. The number of hydrogen-bond acceptors (Lipinski definition) is 4. The predicted molar refractivity (Wildman–Crippen MR) is 53.0 cm³/mol. The van der Waals surface area contributed by atoms with Gasteiger partial charge in [-0.15, -0.1) is 6.58 Å². The summed E-state index contributed by atoms with van der Waals surface area (Å²) in [4.78, 5) is 3.69. The van der Waals surface area contributed by atoms with Crippen LogP contribution in [-0.4, -0.2) is 24.5 Å². The van der Waals surface area contributed by atoms with Crippen molar-refractivity contribution in [2.24, 2.45) is 7.05 Å². The van der Waals surface area contributed by atoms with Gasteiger partial charge in [0.25, 0.3) is 10.0 Å². The molecule has 1 aromatic rings. The lowest BCUT2D eigenvalue weighted by Crippen LogP contribution is -2.26. The summed E-state index contributed by atoms with van der Waals surface area (Å²) in [6.45, 7) is 3.57. The minimum absolute atomic E-state index is 0.0101. The molecule has 78 valence electrons. The Kier molecular flexibility index (Phi) is 2.92. The molecule has 0 spiro atoms. The largest absolute Gasteiger partial charge is 0.381 e. The number of aromatic nitrogens is 2. The summed E-state index contributed by atoms with van der Waals surface area (Å²) in [6, 6.07) is 0. The molecule has 1 rings (SSSR count). The normalized spacial score (nSPS) is 11.5. The second-order valence-corrected chi connectivity index (χ2v) is 4.37. The van der Waals surface area contributed by atoms with Gasteiger partial charge < -0.3 is 10.3 Å². The third kappa shape index (κ3) is 1.94. The Hall–Kier alpha value is -1.34. The van der Waals surface area contributed by atoms with Crippen molar-refractivity contribution in [3.8, 4) is 0 Å². The van der Waals surface area contributed by atoms with Crippen molar-refractivity contribution in [2.75, 3.05) is 12.3 Å². The van der Waals surface area contributed by atoms with Gasteiger partial charge in [0.15, 0.2) is 10.8 Å². The first-order valence-electron chi connectivity index (χ1n) is 3.86. The van der Waals surface area contributed by atoms with E-state index < -0.39 is 10.0 Å². The maximum absolute atomic E-state index is 11.6. The average molecular weight is 216 g/mol. The number of aryl methyl sites for hydroxylation is 1. The highest BCUT2D eigenvalue weighted by Gasteiger charge is 2.20. The summed E-state index contributed by atoms with van der Waals surface area (Å²) in [7, 11) is -2.02. The number of nitrogen functional groups attached to an aromatic ring is 1. The average Bonchev–Trinajstić information content (AvgIpc) is 2.43. The molecule has 7 heteroatoms. The molecule has 0 saturated heterocycles. The molecule has 0 aliphatic rings. The summed E-state index contributed by atoms with van der Waals surface area (Å²) >= 11 is 0. The Morgan fingerprint density at radius 3 is 2.86 bits per heavy atom. The topological polar surface area (TPSA) is 90.0 Å². The van der Waals surface area contributed by atoms with Crippen LogP contribution in [0.25, 0.3) is 0 Å². The van der Waals surface area contributed by atoms with Crippen molar-refractivity contribution < 1.29 is 8.42 Å². The number of anilines is 1. The Morgan fingerprint density at radius 2 is 2.43 bits per heavy atom. The predicted octanol–water partition coefficient (Wildman–Crippen LogP) is -0.533. The van der Waals surface area contributed by atoms with Crippen molar-refractivity contribution in [1.82, 2.24) is 14.3 Å². The number of nitrogens with two attached hydrogens (primary N) is 1.